The average Bonchev–Trinajstić information content (AvgIpc) is 2.81. The molecule has 2 unspecified atom stereocenters. The van der Waals surface area contributed by atoms with Crippen LogP contribution in [0.2, 0.25) is 0 Å². The maximum Gasteiger partial charge on any atom is 0.0237 e. The van der Waals surface area contributed by atoms with Crippen molar-refractivity contribution < 1.29 is 0 Å². The molecule has 0 spiro atoms. The summed E-state index contributed by atoms with van der Waals surface area (Å²) in [4.78, 5) is 0. The van der Waals surface area contributed by atoms with Gasteiger partial charge in [0.05, 0.1) is 0 Å². The Balaban J connectivity index is 1.79. The zero-order valence-electron chi connectivity index (χ0n) is 6.91. The summed E-state index contributed by atoms with van der Waals surface area (Å²) in [7, 11) is 4.09. The van der Waals surface area contributed by atoms with E-state index in [-0.39, 0.29) is 0 Å². The SMILES string of the molecule is CSC(C)CSSCC1CS1. The third kappa shape index (κ3) is 5.61. The number of hydrogen-bond donors (Lipinski definition) is 0. The van der Waals surface area contributed by atoms with Crippen LogP contribution >= 0.6 is 45.1 Å². The van der Waals surface area contributed by atoms with Gasteiger partial charge in [-0.3, -0.25) is 0 Å². The molecule has 0 amide bonds. The Kier molecular flexibility index (Phi) is 5.67. The lowest BCUT2D eigenvalue weighted by Gasteiger charge is -2.05. The number of thioether (sulfide) groups is 2. The van der Waals surface area contributed by atoms with Gasteiger partial charge >= 0.3 is 0 Å². The lowest BCUT2D eigenvalue weighted by atomic mass is 10.6. The monoisotopic (exact) mass is 226 g/mol. The van der Waals surface area contributed by atoms with Crippen LogP contribution in [0.3, 0.4) is 0 Å². The van der Waals surface area contributed by atoms with Gasteiger partial charge < -0.3 is 0 Å². The molecule has 1 fully saturated rings. The molecular weight excluding hydrogens is 212 g/mol. The summed E-state index contributed by atoms with van der Waals surface area (Å²) in [6, 6.07) is 0. The van der Waals surface area contributed by atoms with E-state index in [1.165, 1.54) is 17.3 Å². The fraction of sp³-hybridized carbons (Fsp3) is 1.00. The standard InChI is InChI=1S/C7H14S4/c1-6(8-2)3-10-11-5-7-4-9-7/h6-7H,3-5H2,1-2H3. The highest BCUT2D eigenvalue weighted by molar-refractivity contribution is 8.76. The molecule has 4 heteroatoms. The van der Waals surface area contributed by atoms with Crippen LogP contribution in [-0.4, -0.2) is 34.0 Å². The van der Waals surface area contributed by atoms with Crippen molar-refractivity contribution >= 4 is 45.1 Å². The van der Waals surface area contributed by atoms with E-state index in [1.54, 1.807) is 0 Å². The van der Waals surface area contributed by atoms with Crippen LogP contribution in [0.25, 0.3) is 0 Å². The fourth-order valence-electron chi connectivity index (χ4n) is 0.500. The Morgan fingerprint density at radius 3 is 2.82 bits per heavy atom. The molecule has 0 aromatic rings. The predicted octanol–water partition coefficient (Wildman–Crippen LogP) is 3.23. The van der Waals surface area contributed by atoms with E-state index in [0.29, 0.717) is 0 Å². The molecular formula is C7H14S4. The summed E-state index contributed by atoms with van der Waals surface area (Å²) in [6.07, 6.45) is 2.19. The van der Waals surface area contributed by atoms with Crippen LogP contribution < -0.4 is 0 Å². The summed E-state index contributed by atoms with van der Waals surface area (Å²) in [6.45, 7) is 2.30. The van der Waals surface area contributed by atoms with Crippen molar-refractivity contribution in [3.63, 3.8) is 0 Å². The Hall–Kier alpha value is 1.40. The largest absolute Gasteiger partial charge is 0.161 e. The summed E-state index contributed by atoms with van der Waals surface area (Å²) >= 11 is 4.05. The summed E-state index contributed by atoms with van der Waals surface area (Å²) < 4.78 is 0. The van der Waals surface area contributed by atoms with Gasteiger partial charge in [0.2, 0.25) is 0 Å². The molecule has 66 valence electrons. The Labute approximate surface area is 85.8 Å². The van der Waals surface area contributed by atoms with Gasteiger partial charge in [0.15, 0.2) is 0 Å². The minimum absolute atomic E-state index is 0.819. The first-order valence-corrected chi connectivity index (χ1v) is 8.54. The third-order valence-corrected chi connectivity index (χ3v) is 6.47. The maximum absolute atomic E-state index is 2.30. The fourth-order valence-corrected chi connectivity index (χ4v) is 5.09. The van der Waals surface area contributed by atoms with E-state index < -0.39 is 0 Å². The number of hydrogen-bond acceptors (Lipinski definition) is 4. The van der Waals surface area contributed by atoms with E-state index >= 15 is 0 Å². The van der Waals surface area contributed by atoms with Gasteiger partial charge in [0.25, 0.3) is 0 Å². The lowest BCUT2D eigenvalue weighted by molar-refractivity contribution is 1.14. The Morgan fingerprint density at radius 2 is 2.27 bits per heavy atom. The minimum Gasteiger partial charge on any atom is -0.161 e. The molecule has 1 aliphatic heterocycles. The highest BCUT2D eigenvalue weighted by atomic mass is 33.1. The molecule has 1 aliphatic rings. The lowest BCUT2D eigenvalue weighted by Crippen LogP contribution is -1.97. The summed E-state index contributed by atoms with van der Waals surface area (Å²) in [5.41, 5.74) is 0. The molecule has 0 nitrogen and oxygen atoms in total. The van der Waals surface area contributed by atoms with Gasteiger partial charge in [-0.1, -0.05) is 28.5 Å². The van der Waals surface area contributed by atoms with Gasteiger partial charge in [-0.2, -0.15) is 23.5 Å². The van der Waals surface area contributed by atoms with Crippen LogP contribution in [0.5, 0.6) is 0 Å². The normalized spacial score (nSPS) is 25.1. The second-order valence-corrected chi connectivity index (χ2v) is 7.73. The first-order chi connectivity index (χ1) is 5.33. The van der Waals surface area contributed by atoms with E-state index in [4.69, 9.17) is 0 Å². The first-order valence-electron chi connectivity index (χ1n) is 3.71. The molecule has 0 N–H and O–H groups in total. The second-order valence-electron chi connectivity index (χ2n) is 2.57. The maximum atomic E-state index is 2.30. The molecule has 1 rings (SSSR count). The number of rotatable bonds is 6. The van der Waals surface area contributed by atoms with Crippen LogP contribution in [0.15, 0.2) is 0 Å². The van der Waals surface area contributed by atoms with Gasteiger partial charge in [0.1, 0.15) is 0 Å². The molecule has 11 heavy (non-hydrogen) atoms. The highest BCUT2D eigenvalue weighted by Gasteiger charge is 2.21. The molecule has 0 aromatic heterocycles. The van der Waals surface area contributed by atoms with E-state index in [0.717, 1.165) is 10.5 Å². The molecule has 0 bridgehead atoms. The van der Waals surface area contributed by atoms with Crippen molar-refractivity contribution in [3.8, 4) is 0 Å². The first kappa shape index (κ1) is 10.5. The van der Waals surface area contributed by atoms with E-state index in [1.807, 2.05) is 22.6 Å². The van der Waals surface area contributed by atoms with Gasteiger partial charge in [-0.05, 0) is 6.26 Å². The van der Waals surface area contributed by atoms with Crippen LogP contribution in [0, 0.1) is 0 Å². The van der Waals surface area contributed by atoms with Crippen LogP contribution in [0.1, 0.15) is 6.92 Å². The molecule has 0 aliphatic carbocycles. The predicted molar refractivity (Wildman–Crippen MR) is 64.1 cm³/mol. The van der Waals surface area contributed by atoms with E-state index in [2.05, 4.69) is 35.7 Å². The molecule has 0 saturated carbocycles. The van der Waals surface area contributed by atoms with Crippen molar-refractivity contribution in [1.82, 2.24) is 0 Å². The molecule has 1 saturated heterocycles. The smallest absolute Gasteiger partial charge is 0.0237 e. The molecule has 0 aromatic carbocycles. The van der Waals surface area contributed by atoms with Crippen molar-refractivity contribution in [2.24, 2.45) is 0 Å². The average molecular weight is 226 g/mol. The minimum atomic E-state index is 0.819. The molecule has 1 heterocycles. The van der Waals surface area contributed by atoms with Crippen molar-refractivity contribution in [2.75, 3.05) is 23.5 Å². The summed E-state index contributed by atoms with van der Waals surface area (Å²) in [5.74, 6) is 4.06. The quantitative estimate of drug-likeness (QED) is 0.387. The van der Waals surface area contributed by atoms with Crippen molar-refractivity contribution in [1.29, 1.82) is 0 Å². The van der Waals surface area contributed by atoms with Crippen LogP contribution in [0.4, 0.5) is 0 Å². The topological polar surface area (TPSA) is 0 Å². The van der Waals surface area contributed by atoms with Gasteiger partial charge in [0, 0.05) is 27.8 Å². The zero-order chi connectivity index (χ0) is 8.10. The van der Waals surface area contributed by atoms with Crippen LogP contribution in [-0.2, 0) is 0 Å². The second kappa shape index (κ2) is 5.95. The Bertz CT molecular complexity index is 103. The zero-order valence-corrected chi connectivity index (χ0v) is 10.2. The third-order valence-electron chi connectivity index (χ3n) is 1.44. The van der Waals surface area contributed by atoms with Gasteiger partial charge in [-0.15, -0.1) is 0 Å². The molecule has 2 atom stereocenters. The summed E-state index contributed by atoms with van der Waals surface area (Å²) in [5, 5.41) is 1.82. The molecule has 0 radical (unpaired) electrons. The Morgan fingerprint density at radius 1 is 1.55 bits per heavy atom. The van der Waals surface area contributed by atoms with Crippen molar-refractivity contribution in [3.05, 3.63) is 0 Å². The van der Waals surface area contributed by atoms with E-state index in [9.17, 15) is 0 Å². The van der Waals surface area contributed by atoms with Gasteiger partial charge in [-0.25, -0.2) is 0 Å². The van der Waals surface area contributed by atoms with Crippen molar-refractivity contribution in [2.45, 2.75) is 17.4 Å². The highest BCUT2D eigenvalue weighted by Crippen LogP contribution is 2.37.